The normalized spacial score (nSPS) is 10.4. The lowest BCUT2D eigenvalue weighted by Crippen LogP contribution is -2.20. The number of hydrogen-bond donors (Lipinski definition) is 0. The Morgan fingerprint density at radius 1 is 1.50 bits per heavy atom. The minimum Gasteiger partial charge on any atom is -0.364 e. The van der Waals surface area contributed by atoms with Gasteiger partial charge in [0.1, 0.15) is 12.5 Å². The monoisotopic (exact) mass is 217 g/mol. The van der Waals surface area contributed by atoms with Crippen molar-refractivity contribution in [3.63, 3.8) is 0 Å². The van der Waals surface area contributed by atoms with Crippen molar-refractivity contribution in [1.29, 1.82) is 0 Å². The summed E-state index contributed by atoms with van der Waals surface area (Å²) in [7, 11) is 3.37. The molecular weight excluding hydrogens is 205 g/mol. The molecule has 0 atom stereocenters. The van der Waals surface area contributed by atoms with Crippen molar-refractivity contribution in [2.45, 2.75) is 6.92 Å². The van der Waals surface area contributed by atoms with Gasteiger partial charge in [-0.1, -0.05) is 11.6 Å². The zero-order chi connectivity index (χ0) is 10.7. The maximum absolute atomic E-state index is 13.2. The average molecular weight is 218 g/mol. The van der Waals surface area contributed by atoms with E-state index >= 15 is 0 Å². The maximum atomic E-state index is 13.2. The third-order valence-corrected chi connectivity index (χ3v) is 2.26. The van der Waals surface area contributed by atoms with Crippen LogP contribution in [-0.2, 0) is 4.74 Å². The Hall–Kier alpha value is -0.800. The van der Waals surface area contributed by atoms with Crippen LogP contribution in [0.15, 0.2) is 12.1 Å². The molecule has 0 spiro atoms. The molecule has 0 aromatic heterocycles. The van der Waals surface area contributed by atoms with Crippen LogP contribution in [0.1, 0.15) is 5.56 Å². The molecule has 1 aromatic carbocycles. The smallest absolute Gasteiger partial charge is 0.128 e. The predicted octanol–water partition coefficient (Wildman–Crippen LogP) is 2.83. The number of methoxy groups -OCH3 is 1. The van der Waals surface area contributed by atoms with Crippen molar-refractivity contribution in [2.75, 3.05) is 25.8 Å². The van der Waals surface area contributed by atoms with Crippen molar-refractivity contribution in [3.8, 4) is 0 Å². The number of hydrogen-bond acceptors (Lipinski definition) is 2. The van der Waals surface area contributed by atoms with Gasteiger partial charge in [-0.15, -0.1) is 0 Å². The molecule has 0 fully saturated rings. The highest BCUT2D eigenvalue weighted by Gasteiger charge is 2.09. The molecule has 0 N–H and O–H groups in total. The quantitative estimate of drug-likeness (QED) is 0.722. The minimum absolute atomic E-state index is 0.257. The van der Waals surface area contributed by atoms with Crippen LogP contribution in [0.3, 0.4) is 0 Å². The Morgan fingerprint density at radius 3 is 2.71 bits per heavy atom. The van der Waals surface area contributed by atoms with Gasteiger partial charge in [-0.2, -0.15) is 0 Å². The van der Waals surface area contributed by atoms with Crippen molar-refractivity contribution < 1.29 is 9.13 Å². The molecule has 0 saturated heterocycles. The molecule has 0 bridgehead atoms. The second-order valence-corrected chi connectivity index (χ2v) is 3.58. The lowest BCUT2D eigenvalue weighted by molar-refractivity contribution is 0.202. The first kappa shape index (κ1) is 11.3. The highest BCUT2D eigenvalue weighted by Crippen LogP contribution is 2.27. The van der Waals surface area contributed by atoms with E-state index in [-0.39, 0.29) is 5.82 Å². The molecule has 0 heterocycles. The van der Waals surface area contributed by atoms with E-state index in [1.807, 2.05) is 0 Å². The molecule has 4 heteroatoms. The largest absolute Gasteiger partial charge is 0.364 e. The predicted molar refractivity (Wildman–Crippen MR) is 56.4 cm³/mol. The number of halogens is 2. The van der Waals surface area contributed by atoms with Gasteiger partial charge in [0.15, 0.2) is 0 Å². The summed E-state index contributed by atoms with van der Waals surface area (Å²) in [6.07, 6.45) is 0. The molecule has 0 unspecified atom stereocenters. The summed E-state index contributed by atoms with van der Waals surface area (Å²) in [6, 6.07) is 3.02. The molecule has 0 aliphatic heterocycles. The van der Waals surface area contributed by atoms with E-state index < -0.39 is 0 Å². The van der Waals surface area contributed by atoms with Crippen molar-refractivity contribution >= 4 is 17.3 Å². The first-order valence-corrected chi connectivity index (χ1v) is 4.59. The first-order valence-electron chi connectivity index (χ1n) is 4.22. The van der Waals surface area contributed by atoms with Crippen molar-refractivity contribution in [1.82, 2.24) is 0 Å². The Kier molecular flexibility index (Phi) is 3.72. The van der Waals surface area contributed by atoms with E-state index in [2.05, 4.69) is 0 Å². The molecular formula is C10H13ClFNO. The van der Waals surface area contributed by atoms with Gasteiger partial charge in [-0.25, -0.2) is 4.39 Å². The average Bonchev–Trinajstić information content (AvgIpc) is 2.11. The molecule has 1 aromatic rings. The fourth-order valence-corrected chi connectivity index (χ4v) is 1.55. The van der Waals surface area contributed by atoms with Crippen LogP contribution in [0.25, 0.3) is 0 Å². The second kappa shape index (κ2) is 4.62. The topological polar surface area (TPSA) is 12.5 Å². The number of nitrogens with zero attached hydrogens (tertiary/aromatic N) is 1. The van der Waals surface area contributed by atoms with E-state index in [1.54, 1.807) is 32.0 Å². The summed E-state index contributed by atoms with van der Waals surface area (Å²) in [5.41, 5.74) is 1.18. The first-order chi connectivity index (χ1) is 6.56. The van der Waals surface area contributed by atoms with Gasteiger partial charge < -0.3 is 9.64 Å². The number of anilines is 1. The molecule has 0 aliphatic carbocycles. The van der Waals surface area contributed by atoms with Gasteiger partial charge in [0.05, 0.1) is 10.7 Å². The highest BCUT2D eigenvalue weighted by atomic mass is 35.5. The summed E-state index contributed by atoms with van der Waals surface area (Å²) in [6.45, 7) is 2.06. The molecule has 14 heavy (non-hydrogen) atoms. The molecule has 0 aliphatic rings. The van der Waals surface area contributed by atoms with Gasteiger partial charge in [0.2, 0.25) is 0 Å². The van der Waals surface area contributed by atoms with E-state index in [0.717, 1.165) is 0 Å². The van der Waals surface area contributed by atoms with Crippen LogP contribution in [0.5, 0.6) is 0 Å². The Labute approximate surface area is 88.2 Å². The minimum atomic E-state index is -0.257. The molecule has 0 radical (unpaired) electrons. The maximum Gasteiger partial charge on any atom is 0.128 e. The number of rotatable bonds is 3. The Balaban J connectivity index is 3.02. The lowest BCUT2D eigenvalue weighted by atomic mass is 10.2. The van der Waals surface area contributed by atoms with Crippen LogP contribution in [0.2, 0.25) is 5.02 Å². The van der Waals surface area contributed by atoms with Gasteiger partial charge in [0.25, 0.3) is 0 Å². The van der Waals surface area contributed by atoms with Gasteiger partial charge in [0, 0.05) is 14.2 Å². The van der Waals surface area contributed by atoms with Crippen molar-refractivity contribution in [2.24, 2.45) is 0 Å². The Morgan fingerprint density at radius 2 is 2.14 bits per heavy atom. The van der Waals surface area contributed by atoms with Gasteiger partial charge in [-0.3, -0.25) is 0 Å². The molecule has 0 saturated carbocycles. The molecule has 1 rings (SSSR count). The summed E-state index contributed by atoms with van der Waals surface area (Å²) in [4.78, 5) is 1.74. The van der Waals surface area contributed by atoms with Gasteiger partial charge in [-0.05, 0) is 24.6 Å². The van der Waals surface area contributed by atoms with E-state index in [4.69, 9.17) is 16.3 Å². The summed E-state index contributed by atoms with van der Waals surface area (Å²) in [5, 5.41) is 0.531. The standard InChI is InChI=1S/C10H13ClFNO/c1-7-4-8(11)10(5-9(7)12)13(2)6-14-3/h4-5H,6H2,1-3H3. The van der Waals surface area contributed by atoms with E-state index in [0.29, 0.717) is 23.0 Å². The zero-order valence-corrected chi connectivity index (χ0v) is 9.23. The third kappa shape index (κ3) is 2.36. The molecule has 2 nitrogen and oxygen atoms in total. The van der Waals surface area contributed by atoms with Gasteiger partial charge >= 0.3 is 0 Å². The zero-order valence-electron chi connectivity index (χ0n) is 8.47. The van der Waals surface area contributed by atoms with E-state index in [1.165, 1.54) is 6.07 Å². The third-order valence-electron chi connectivity index (χ3n) is 1.96. The van der Waals surface area contributed by atoms with Crippen molar-refractivity contribution in [3.05, 3.63) is 28.5 Å². The molecule has 0 amide bonds. The number of benzene rings is 1. The van der Waals surface area contributed by atoms with Crippen LogP contribution in [-0.4, -0.2) is 20.9 Å². The summed E-state index contributed by atoms with van der Waals surface area (Å²) < 4.78 is 18.2. The van der Waals surface area contributed by atoms with Crippen LogP contribution < -0.4 is 4.90 Å². The second-order valence-electron chi connectivity index (χ2n) is 3.17. The lowest BCUT2D eigenvalue weighted by Gasteiger charge is -2.19. The van der Waals surface area contributed by atoms with Crippen LogP contribution in [0.4, 0.5) is 10.1 Å². The fraction of sp³-hybridized carbons (Fsp3) is 0.400. The summed E-state index contributed by atoms with van der Waals surface area (Å²) >= 11 is 5.97. The summed E-state index contributed by atoms with van der Waals surface area (Å²) in [5.74, 6) is -0.257. The Bertz CT molecular complexity index is 330. The highest BCUT2D eigenvalue weighted by molar-refractivity contribution is 6.33. The fourth-order valence-electron chi connectivity index (χ4n) is 1.19. The number of aryl methyl sites for hydroxylation is 1. The molecule has 78 valence electrons. The van der Waals surface area contributed by atoms with E-state index in [9.17, 15) is 4.39 Å². The van der Waals surface area contributed by atoms with Crippen LogP contribution >= 0.6 is 11.6 Å². The number of ether oxygens (including phenoxy) is 1. The SMILES string of the molecule is COCN(C)c1cc(F)c(C)cc1Cl. The van der Waals surface area contributed by atoms with Crippen LogP contribution in [0, 0.1) is 12.7 Å².